The Morgan fingerprint density at radius 1 is 1.17 bits per heavy atom. The van der Waals surface area contributed by atoms with Gasteiger partial charge < -0.3 is 4.74 Å². The van der Waals surface area contributed by atoms with Crippen LogP contribution in [0.3, 0.4) is 0 Å². The third-order valence-corrected chi connectivity index (χ3v) is 3.35. The average Bonchev–Trinajstić information content (AvgIpc) is 2.36. The standard InChI is InChI=1S/C15H14BrFO/c1-10-6-7-11(2)14(8-10)18-15-12(9-16)4-3-5-13(15)17/h3-8H,9H2,1-2H3. The number of aryl methyl sites for hydroxylation is 2. The SMILES string of the molecule is Cc1ccc(C)c(Oc2c(F)cccc2CBr)c1. The van der Waals surface area contributed by atoms with E-state index in [1.165, 1.54) is 6.07 Å². The van der Waals surface area contributed by atoms with Crippen molar-refractivity contribution in [3.05, 3.63) is 58.9 Å². The van der Waals surface area contributed by atoms with Crippen LogP contribution in [0.2, 0.25) is 0 Å². The average molecular weight is 309 g/mol. The van der Waals surface area contributed by atoms with Gasteiger partial charge in [0.2, 0.25) is 0 Å². The van der Waals surface area contributed by atoms with Crippen molar-refractivity contribution in [2.75, 3.05) is 0 Å². The van der Waals surface area contributed by atoms with Gasteiger partial charge in [0.05, 0.1) is 0 Å². The zero-order valence-electron chi connectivity index (χ0n) is 10.3. The summed E-state index contributed by atoms with van der Waals surface area (Å²) in [5.41, 5.74) is 2.88. The summed E-state index contributed by atoms with van der Waals surface area (Å²) in [7, 11) is 0. The van der Waals surface area contributed by atoms with Crippen LogP contribution in [0.4, 0.5) is 4.39 Å². The van der Waals surface area contributed by atoms with E-state index in [1.54, 1.807) is 6.07 Å². The van der Waals surface area contributed by atoms with E-state index in [0.29, 0.717) is 16.8 Å². The van der Waals surface area contributed by atoms with Crippen LogP contribution in [0.15, 0.2) is 36.4 Å². The highest BCUT2D eigenvalue weighted by Crippen LogP contribution is 2.32. The molecule has 0 aromatic heterocycles. The van der Waals surface area contributed by atoms with Gasteiger partial charge in [-0.3, -0.25) is 0 Å². The summed E-state index contributed by atoms with van der Waals surface area (Å²) in [4.78, 5) is 0. The number of rotatable bonds is 3. The van der Waals surface area contributed by atoms with Crippen LogP contribution < -0.4 is 4.74 Å². The number of halogens is 2. The van der Waals surface area contributed by atoms with E-state index in [9.17, 15) is 4.39 Å². The zero-order chi connectivity index (χ0) is 13.1. The second-order valence-electron chi connectivity index (χ2n) is 4.23. The summed E-state index contributed by atoms with van der Waals surface area (Å²) < 4.78 is 19.5. The Morgan fingerprint density at radius 3 is 2.67 bits per heavy atom. The van der Waals surface area contributed by atoms with Gasteiger partial charge in [-0.1, -0.05) is 40.2 Å². The largest absolute Gasteiger partial charge is 0.454 e. The molecule has 3 heteroatoms. The lowest BCUT2D eigenvalue weighted by Crippen LogP contribution is -1.95. The number of hydrogen-bond donors (Lipinski definition) is 0. The van der Waals surface area contributed by atoms with Crippen LogP contribution in [0.1, 0.15) is 16.7 Å². The number of alkyl halides is 1. The fourth-order valence-electron chi connectivity index (χ4n) is 1.70. The van der Waals surface area contributed by atoms with Crippen molar-refractivity contribution in [2.24, 2.45) is 0 Å². The van der Waals surface area contributed by atoms with E-state index in [1.807, 2.05) is 38.1 Å². The fourth-order valence-corrected chi connectivity index (χ4v) is 2.14. The molecule has 0 amide bonds. The molecule has 0 N–H and O–H groups in total. The van der Waals surface area contributed by atoms with Crippen molar-refractivity contribution < 1.29 is 9.13 Å². The minimum atomic E-state index is -0.340. The molecule has 0 aliphatic carbocycles. The van der Waals surface area contributed by atoms with Gasteiger partial charge in [0, 0.05) is 10.9 Å². The summed E-state index contributed by atoms with van der Waals surface area (Å²) in [6.07, 6.45) is 0. The number of benzene rings is 2. The molecule has 0 unspecified atom stereocenters. The van der Waals surface area contributed by atoms with Crippen LogP contribution in [-0.4, -0.2) is 0 Å². The summed E-state index contributed by atoms with van der Waals surface area (Å²) >= 11 is 3.34. The summed E-state index contributed by atoms with van der Waals surface area (Å²) in [5, 5.41) is 0.560. The molecular weight excluding hydrogens is 295 g/mol. The summed E-state index contributed by atoms with van der Waals surface area (Å²) in [5.74, 6) is 0.651. The Labute approximate surface area is 115 Å². The fraction of sp³-hybridized carbons (Fsp3) is 0.200. The Bertz CT molecular complexity index is 566. The van der Waals surface area contributed by atoms with Crippen molar-refractivity contribution in [3.8, 4) is 11.5 Å². The molecule has 18 heavy (non-hydrogen) atoms. The molecule has 0 radical (unpaired) electrons. The van der Waals surface area contributed by atoms with Crippen LogP contribution in [-0.2, 0) is 5.33 Å². The third-order valence-electron chi connectivity index (χ3n) is 2.75. The summed E-state index contributed by atoms with van der Waals surface area (Å²) in [6.45, 7) is 3.93. The lowest BCUT2D eigenvalue weighted by Gasteiger charge is -2.13. The highest BCUT2D eigenvalue weighted by atomic mass is 79.9. The molecule has 2 aromatic carbocycles. The van der Waals surface area contributed by atoms with E-state index in [2.05, 4.69) is 15.9 Å². The predicted molar refractivity (Wildman–Crippen MR) is 75.0 cm³/mol. The molecule has 0 atom stereocenters. The quantitative estimate of drug-likeness (QED) is 0.714. The van der Waals surface area contributed by atoms with Crippen LogP contribution in [0.5, 0.6) is 11.5 Å². The Kier molecular flexibility index (Phi) is 4.02. The molecule has 0 heterocycles. The third kappa shape index (κ3) is 2.72. The zero-order valence-corrected chi connectivity index (χ0v) is 11.9. The molecule has 0 saturated heterocycles. The van der Waals surface area contributed by atoms with Crippen molar-refractivity contribution in [2.45, 2.75) is 19.2 Å². The predicted octanol–water partition coefficient (Wildman–Crippen LogP) is 5.13. The minimum Gasteiger partial charge on any atom is -0.454 e. The van der Waals surface area contributed by atoms with E-state index in [-0.39, 0.29) is 5.82 Å². The van der Waals surface area contributed by atoms with E-state index in [4.69, 9.17) is 4.74 Å². The Hall–Kier alpha value is -1.35. The van der Waals surface area contributed by atoms with Gasteiger partial charge >= 0.3 is 0 Å². The minimum absolute atomic E-state index is 0.295. The maximum atomic E-state index is 13.8. The van der Waals surface area contributed by atoms with Gasteiger partial charge in [0.25, 0.3) is 0 Å². The maximum Gasteiger partial charge on any atom is 0.167 e. The van der Waals surface area contributed by atoms with Crippen molar-refractivity contribution >= 4 is 15.9 Å². The molecule has 0 saturated carbocycles. The molecule has 94 valence electrons. The molecule has 0 spiro atoms. The monoisotopic (exact) mass is 308 g/mol. The van der Waals surface area contributed by atoms with Crippen LogP contribution in [0, 0.1) is 19.7 Å². The lowest BCUT2D eigenvalue weighted by molar-refractivity contribution is 0.435. The molecule has 0 aliphatic heterocycles. The van der Waals surface area contributed by atoms with Gasteiger partial charge in [-0.25, -0.2) is 4.39 Å². The smallest absolute Gasteiger partial charge is 0.167 e. The van der Waals surface area contributed by atoms with Crippen molar-refractivity contribution in [3.63, 3.8) is 0 Å². The van der Waals surface area contributed by atoms with Gasteiger partial charge in [-0.15, -0.1) is 0 Å². The van der Waals surface area contributed by atoms with E-state index < -0.39 is 0 Å². The van der Waals surface area contributed by atoms with Gasteiger partial charge in [-0.05, 0) is 37.1 Å². The molecule has 0 bridgehead atoms. The maximum absolute atomic E-state index is 13.8. The first kappa shape index (κ1) is 13.1. The second kappa shape index (κ2) is 5.53. The number of hydrogen-bond acceptors (Lipinski definition) is 1. The Balaban J connectivity index is 2.42. The first-order valence-electron chi connectivity index (χ1n) is 5.70. The highest BCUT2D eigenvalue weighted by molar-refractivity contribution is 9.08. The van der Waals surface area contributed by atoms with Gasteiger partial charge in [0.1, 0.15) is 5.75 Å². The van der Waals surface area contributed by atoms with Gasteiger partial charge in [0.15, 0.2) is 11.6 Å². The van der Waals surface area contributed by atoms with Crippen molar-refractivity contribution in [1.82, 2.24) is 0 Å². The number of para-hydroxylation sites is 1. The number of ether oxygens (including phenoxy) is 1. The molecule has 0 fully saturated rings. The highest BCUT2D eigenvalue weighted by Gasteiger charge is 2.11. The topological polar surface area (TPSA) is 9.23 Å². The Morgan fingerprint density at radius 2 is 1.94 bits per heavy atom. The first-order chi connectivity index (χ1) is 8.61. The van der Waals surface area contributed by atoms with Crippen LogP contribution >= 0.6 is 15.9 Å². The first-order valence-corrected chi connectivity index (χ1v) is 6.82. The van der Waals surface area contributed by atoms with E-state index >= 15 is 0 Å². The normalized spacial score (nSPS) is 10.4. The lowest BCUT2D eigenvalue weighted by atomic mass is 10.1. The molecule has 0 aliphatic rings. The van der Waals surface area contributed by atoms with Crippen molar-refractivity contribution in [1.29, 1.82) is 0 Å². The molecular formula is C15H14BrFO. The van der Waals surface area contributed by atoms with Crippen LogP contribution in [0.25, 0.3) is 0 Å². The molecule has 1 nitrogen and oxygen atoms in total. The molecule has 2 aromatic rings. The second-order valence-corrected chi connectivity index (χ2v) is 4.79. The van der Waals surface area contributed by atoms with Gasteiger partial charge in [-0.2, -0.15) is 0 Å². The summed E-state index contributed by atoms with van der Waals surface area (Å²) in [6, 6.07) is 10.8. The van der Waals surface area contributed by atoms with E-state index in [0.717, 1.165) is 16.7 Å². The molecule has 2 rings (SSSR count).